The maximum Gasteiger partial charge on any atom is 0.134 e. The van der Waals surface area contributed by atoms with Crippen molar-refractivity contribution in [1.82, 2.24) is 0 Å². The summed E-state index contributed by atoms with van der Waals surface area (Å²) in [6.07, 6.45) is 4.68. The van der Waals surface area contributed by atoms with Gasteiger partial charge >= 0.3 is 0 Å². The first-order chi connectivity index (χ1) is 6.92. The predicted octanol–water partition coefficient (Wildman–Crippen LogP) is 2.75. The molecule has 2 heteroatoms. The van der Waals surface area contributed by atoms with Crippen molar-refractivity contribution in [2.45, 2.75) is 19.3 Å². The van der Waals surface area contributed by atoms with Crippen molar-refractivity contribution in [3.05, 3.63) is 36.1 Å². The number of para-hydroxylation sites is 1. The Labute approximate surface area is 83.2 Å². The molecule has 1 aromatic heterocycles. The normalized spacial score (nSPS) is 10.9. The maximum atomic E-state index is 8.68. The summed E-state index contributed by atoms with van der Waals surface area (Å²) in [5.41, 5.74) is 2.19. The van der Waals surface area contributed by atoms with Crippen LogP contribution < -0.4 is 0 Å². The minimum Gasteiger partial charge on any atom is -0.464 e. The Morgan fingerprint density at radius 1 is 1.14 bits per heavy atom. The summed E-state index contributed by atoms with van der Waals surface area (Å²) < 4.78 is 5.42. The van der Waals surface area contributed by atoms with E-state index in [4.69, 9.17) is 9.52 Å². The van der Waals surface area contributed by atoms with E-state index in [-0.39, 0.29) is 6.61 Å². The molecule has 2 rings (SSSR count). The van der Waals surface area contributed by atoms with E-state index < -0.39 is 0 Å². The zero-order chi connectivity index (χ0) is 9.80. The number of furan rings is 1. The Hall–Kier alpha value is -1.28. The molecule has 0 fully saturated rings. The first kappa shape index (κ1) is 9.28. The lowest BCUT2D eigenvalue weighted by atomic mass is 10.1. The zero-order valence-electron chi connectivity index (χ0n) is 8.07. The van der Waals surface area contributed by atoms with Gasteiger partial charge in [0, 0.05) is 12.0 Å². The van der Waals surface area contributed by atoms with Crippen LogP contribution in [0.25, 0.3) is 11.0 Å². The topological polar surface area (TPSA) is 33.4 Å². The number of hydrogen-bond donors (Lipinski definition) is 1. The summed E-state index contributed by atoms with van der Waals surface area (Å²) >= 11 is 0. The van der Waals surface area contributed by atoms with Gasteiger partial charge in [-0.2, -0.15) is 0 Å². The Balaban J connectivity index is 2.17. The standard InChI is InChI=1S/C12H14O2/c13-8-4-3-5-10-9-14-12-7-2-1-6-11(10)12/h1-2,6-7,9,13H,3-5,8H2. The SMILES string of the molecule is OCCCCc1coc2ccccc12. The maximum absolute atomic E-state index is 8.68. The second-order valence-corrected chi connectivity index (χ2v) is 3.44. The summed E-state index contributed by atoms with van der Waals surface area (Å²) in [7, 11) is 0. The number of fused-ring (bicyclic) bond motifs is 1. The average Bonchev–Trinajstić information content (AvgIpc) is 2.63. The molecule has 2 nitrogen and oxygen atoms in total. The molecule has 1 aromatic carbocycles. The van der Waals surface area contributed by atoms with E-state index in [9.17, 15) is 0 Å². The highest BCUT2D eigenvalue weighted by molar-refractivity contribution is 5.80. The second kappa shape index (κ2) is 4.29. The van der Waals surface area contributed by atoms with Crippen LogP contribution in [0.3, 0.4) is 0 Å². The van der Waals surface area contributed by atoms with Crippen molar-refractivity contribution in [3.63, 3.8) is 0 Å². The Morgan fingerprint density at radius 2 is 2.00 bits per heavy atom. The highest BCUT2D eigenvalue weighted by Gasteiger charge is 2.03. The van der Waals surface area contributed by atoms with E-state index in [1.165, 1.54) is 10.9 Å². The molecule has 0 saturated heterocycles. The second-order valence-electron chi connectivity index (χ2n) is 3.44. The largest absolute Gasteiger partial charge is 0.464 e. The fourth-order valence-corrected chi connectivity index (χ4v) is 1.65. The lowest BCUT2D eigenvalue weighted by Gasteiger charge is -1.96. The fourth-order valence-electron chi connectivity index (χ4n) is 1.65. The van der Waals surface area contributed by atoms with Gasteiger partial charge in [-0.25, -0.2) is 0 Å². The molecule has 74 valence electrons. The van der Waals surface area contributed by atoms with E-state index in [2.05, 4.69) is 6.07 Å². The molecule has 0 radical (unpaired) electrons. The van der Waals surface area contributed by atoms with Crippen LogP contribution >= 0.6 is 0 Å². The van der Waals surface area contributed by atoms with Gasteiger partial charge < -0.3 is 9.52 Å². The number of aliphatic hydroxyl groups is 1. The van der Waals surface area contributed by atoms with Crippen LogP contribution in [0, 0.1) is 0 Å². The van der Waals surface area contributed by atoms with Crippen LogP contribution in [0.15, 0.2) is 34.9 Å². The molecule has 0 bridgehead atoms. The molecular weight excluding hydrogens is 176 g/mol. The van der Waals surface area contributed by atoms with Crippen molar-refractivity contribution in [3.8, 4) is 0 Å². The van der Waals surface area contributed by atoms with E-state index in [1.807, 2.05) is 24.5 Å². The monoisotopic (exact) mass is 190 g/mol. The zero-order valence-corrected chi connectivity index (χ0v) is 8.07. The van der Waals surface area contributed by atoms with Crippen molar-refractivity contribution in [2.75, 3.05) is 6.61 Å². The third-order valence-electron chi connectivity index (χ3n) is 2.42. The van der Waals surface area contributed by atoms with E-state index in [0.717, 1.165) is 24.8 Å². The third kappa shape index (κ3) is 1.80. The first-order valence-electron chi connectivity index (χ1n) is 4.98. The lowest BCUT2D eigenvalue weighted by Crippen LogP contribution is -1.86. The highest BCUT2D eigenvalue weighted by atomic mass is 16.3. The van der Waals surface area contributed by atoms with Crippen LogP contribution in [-0.4, -0.2) is 11.7 Å². The molecule has 0 aliphatic heterocycles. The van der Waals surface area contributed by atoms with Gasteiger partial charge in [-0.3, -0.25) is 0 Å². The average molecular weight is 190 g/mol. The minimum absolute atomic E-state index is 0.274. The molecule has 0 spiro atoms. The van der Waals surface area contributed by atoms with E-state index in [1.54, 1.807) is 0 Å². The molecule has 0 aliphatic rings. The summed E-state index contributed by atoms with van der Waals surface area (Å²) in [5.74, 6) is 0. The number of unbranched alkanes of at least 4 members (excludes halogenated alkanes) is 1. The van der Waals surface area contributed by atoms with E-state index >= 15 is 0 Å². The van der Waals surface area contributed by atoms with Crippen LogP contribution in [0.4, 0.5) is 0 Å². The van der Waals surface area contributed by atoms with Crippen LogP contribution in [0.5, 0.6) is 0 Å². The summed E-state index contributed by atoms with van der Waals surface area (Å²) in [5, 5.41) is 9.88. The molecule has 0 aliphatic carbocycles. The minimum atomic E-state index is 0.274. The first-order valence-corrected chi connectivity index (χ1v) is 4.98. The molecule has 0 atom stereocenters. The van der Waals surface area contributed by atoms with Gasteiger partial charge in [0.2, 0.25) is 0 Å². The van der Waals surface area contributed by atoms with E-state index in [0.29, 0.717) is 0 Å². The Bertz CT molecular complexity index is 403. The number of aryl methyl sites for hydroxylation is 1. The van der Waals surface area contributed by atoms with Gasteiger partial charge in [0.05, 0.1) is 6.26 Å². The van der Waals surface area contributed by atoms with Gasteiger partial charge in [-0.05, 0) is 30.9 Å². The molecule has 0 unspecified atom stereocenters. The summed E-state index contributed by atoms with van der Waals surface area (Å²) in [6.45, 7) is 0.274. The number of hydrogen-bond acceptors (Lipinski definition) is 2. The van der Waals surface area contributed by atoms with Crippen LogP contribution in [0.2, 0.25) is 0 Å². The number of rotatable bonds is 4. The van der Waals surface area contributed by atoms with Crippen LogP contribution in [0.1, 0.15) is 18.4 Å². The van der Waals surface area contributed by atoms with Gasteiger partial charge in [0.15, 0.2) is 0 Å². The van der Waals surface area contributed by atoms with Gasteiger partial charge in [0.25, 0.3) is 0 Å². The fraction of sp³-hybridized carbons (Fsp3) is 0.333. The summed E-state index contributed by atoms with van der Waals surface area (Å²) in [6, 6.07) is 8.05. The molecule has 1 N–H and O–H groups in total. The van der Waals surface area contributed by atoms with Crippen molar-refractivity contribution >= 4 is 11.0 Å². The highest BCUT2D eigenvalue weighted by Crippen LogP contribution is 2.21. The van der Waals surface area contributed by atoms with Gasteiger partial charge in [-0.15, -0.1) is 0 Å². The smallest absolute Gasteiger partial charge is 0.134 e. The predicted molar refractivity (Wildman–Crippen MR) is 56.2 cm³/mol. The van der Waals surface area contributed by atoms with Crippen molar-refractivity contribution in [1.29, 1.82) is 0 Å². The number of benzene rings is 1. The van der Waals surface area contributed by atoms with Crippen LogP contribution in [-0.2, 0) is 6.42 Å². The number of aliphatic hydroxyl groups excluding tert-OH is 1. The molecule has 0 saturated carbocycles. The Kier molecular flexibility index (Phi) is 2.84. The van der Waals surface area contributed by atoms with Gasteiger partial charge in [0.1, 0.15) is 5.58 Å². The molecule has 0 amide bonds. The molecule has 2 aromatic rings. The molecule has 1 heterocycles. The lowest BCUT2D eigenvalue weighted by molar-refractivity contribution is 0.284. The van der Waals surface area contributed by atoms with Gasteiger partial charge in [-0.1, -0.05) is 18.2 Å². The van der Waals surface area contributed by atoms with Crippen molar-refractivity contribution < 1.29 is 9.52 Å². The van der Waals surface area contributed by atoms with Crippen molar-refractivity contribution in [2.24, 2.45) is 0 Å². The molecular formula is C12H14O2. The quantitative estimate of drug-likeness (QED) is 0.752. The Morgan fingerprint density at radius 3 is 2.86 bits per heavy atom. The third-order valence-corrected chi connectivity index (χ3v) is 2.42. The summed E-state index contributed by atoms with van der Waals surface area (Å²) in [4.78, 5) is 0. The molecule has 14 heavy (non-hydrogen) atoms.